The van der Waals surface area contributed by atoms with Gasteiger partial charge in [-0.25, -0.2) is 8.42 Å². The molecule has 1 aliphatic rings. The highest BCUT2D eigenvalue weighted by Gasteiger charge is 2.34. The topological polar surface area (TPSA) is 55.4 Å². The summed E-state index contributed by atoms with van der Waals surface area (Å²) in [6, 6.07) is 8.07. The van der Waals surface area contributed by atoms with Crippen LogP contribution in [0, 0.1) is 5.92 Å². The second kappa shape index (κ2) is 6.59. The monoisotopic (exact) mass is 297 g/mol. The molecule has 5 heteroatoms. The molecular weight excluding hydrogens is 274 g/mol. The van der Waals surface area contributed by atoms with Crippen molar-refractivity contribution in [2.45, 2.75) is 26.3 Å². The fourth-order valence-electron chi connectivity index (χ4n) is 2.80. The first-order chi connectivity index (χ1) is 9.55. The van der Waals surface area contributed by atoms with E-state index in [9.17, 15) is 8.42 Å². The zero-order valence-electron chi connectivity index (χ0n) is 12.1. The standard InChI is InChI=1S/C15H23NO3S/c1-3-16-15(13-9-10-20(17,18)11-13)12-5-7-14(8-6-12)19-4-2/h5-8,13,15-16H,3-4,9-11H2,1-2H3. The molecule has 0 radical (unpaired) electrons. The predicted molar refractivity (Wildman–Crippen MR) is 80.8 cm³/mol. The van der Waals surface area contributed by atoms with Crippen molar-refractivity contribution in [1.29, 1.82) is 0 Å². The van der Waals surface area contributed by atoms with Crippen molar-refractivity contribution in [3.05, 3.63) is 29.8 Å². The Morgan fingerprint density at radius 2 is 2.00 bits per heavy atom. The van der Waals surface area contributed by atoms with Crippen molar-refractivity contribution in [3.8, 4) is 5.75 Å². The molecule has 0 aromatic heterocycles. The van der Waals surface area contributed by atoms with Crippen LogP contribution in [0.4, 0.5) is 0 Å². The van der Waals surface area contributed by atoms with Gasteiger partial charge >= 0.3 is 0 Å². The lowest BCUT2D eigenvalue weighted by atomic mass is 9.92. The van der Waals surface area contributed by atoms with Gasteiger partial charge in [0.05, 0.1) is 18.1 Å². The minimum atomic E-state index is -2.85. The summed E-state index contributed by atoms with van der Waals surface area (Å²) in [7, 11) is -2.85. The first-order valence-electron chi connectivity index (χ1n) is 7.22. The number of rotatable bonds is 6. The van der Waals surface area contributed by atoms with Crippen molar-refractivity contribution in [2.75, 3.05) is 24.7 Å². The van der Waals surface area contributed by atoms with Gasteiger partial charge in [-0.15, -0.1) is 0 Å². The zero-order valence-corrected chi connectivity index (χ0v) is 12.9. The summed E-state index contributed by atoms with van der Waals surface area (Å²) < 4.78 is 28.8. The van der Waals surface area contributed by atoms with Crippen LogP contribution in [0.25, 0.3) is 0 Å². The molecule has 0 aliphatic carbocycles. The average molecular weight is 297 g/mol. The Kier molecular flexibility index (Phi) is 5.05. The van der Waals surface area contributed by atoms with Gasteiger partial charge in [0, 0.05) is 6.04 Å². The van der Waals surface area contributed by atoms with Crippen LogP contribution in [0.3, 0.4) is 0 Å². The first kappa shape index (κ1) is 15.3. The third kappa shape index (κ3) is 3.73. The molecule has 1 aliphatic heterocycles. The molecule has 2 atom stereocenters. The van der Waals surface area contributed by atoms with Gasteiger partial charge in [-0.1, -0.05) is 19.1 Å². The van der Waals surface area contributed by atoms with Crippen molar-refractivity contribution in [3.63, 3.8) is 0 Å². The molecule has 112 valence electrons. The van der Waals surface area contributed by atoms with E-state index < -0.39 is 9.84 Å². The summed E-state index contributed by atoms with van der Waals surface area (Å²) in [4.78, 5) is 0. The van der Waals surface area contributed by atoms with E-state index in [0.29, 0.717) is 12.4 Å². The van der Waals surface area contributed by atoms with E-state index in [2.05, 4.69) is 5.32 Å². The van der Waals surface area contributed by atoms with Gasteiger partial charge in [-0.2, -0.15) is 0 Å². The Labute approximate surface area is 121 Å². The summed E-state index contributed by atoms with van der Waals surface area (Å²) >= 11 is 0. The summed E-state index contributed by atoms with van der Waals surface area (Å²) in [5.41, 5.74) is 1.14. The minimum Gasteiger partial charge on any atom is -0.494 e. The first-order valence-corrected chi connectivity index (χ1v) is 9.04. The van der Waals surface area contributed by atoms with Crippen LogP contribution in [0.5, 0.6) is 5.75 Å². The zero-order chi connectivity index (χ0) is 14.6. The SMILES string of the molecule is CCNC(c1ccc(OCC)cc1)C1CCS(=O)(=O)C1. The quantitative estimate of drug-likeness (QED) is 0.874. The highest BCUT2D eigenvalue weighted by atomic mass is 32.2. The van der Waals surface area contributed by atoms with Crippen LogP contribution < -0.4 is 10.1 Å². The van der Waals surface area contributed by atoms with Crippen LogP contribution in [-0.2, 0) is 9.84 Å². The maximum Gasteiger partial charge on any atom is 0.150 e. The van der Waals surface area contributed by atoms with Gasteiger partial charge in [0.1, 0.15) is 5.75 Å². The highest BCUT2D eigenvalue weighted by Crippen LogP contribution is 2.32. The van der Waals surface area contributed by atoms with Gasteiger partial charge in [-0.3, -0.25) is 0 Å². The van der Waals surface area contributed by atoms with E-state index in [1.54, 1.807) is 0 Å². The van der Waals surface area contributed by atoms with Crippen molar-refractivity contribution < 1.29 is 13.2 Å². The number of benzene rings is 1. The van der Waals surface area contributed by atoms with Crippen molar-refractivity contribution in [2.24, 2.45) is 5.92 Å². The summed E-state index contributed by atoms with van der Waals surface area (Å²) in [6.45, 7) is 5.48. The van der Waals surface area contributed by atoms with Crippen LogP contribution in [0.15, 0.2) is 24.3 Å². The molecule has 1 heterocycles. The molecule has 2 rings (SSSR count). The van der Waals surface area contributed by atoms with Crippen LogP contribution in [-0.4, -0.2) is 33.1 Å². The van der Waals surface area contributed by atoms with Crippen LogP contribution in [0.1, 0.15) is 31.9 Å². The number of sulfone groups is 1. The maximum atomic E-state index is 11.7. The molecule has 0 spiro atoms. The molecule has 0 bridgehead atoms. The highest BCUT2D eigenvalue weighted by molar-refractivity contribution is 7.91. The fourth-order valence-corrected chi connectivity index (χ4v) is 4.64. The van der Waals surface area contributed by atoms with Gasteiger partial charge < -0.3 is 10.1 Å². The maximum absolute atomic E-state index is 11.7. The minimum absolute atomic E-state index is 0.105. The largest absolute Gasteiger partial charge is 0.494 e. The van der Waals surface area contributed by atoms with Gasteiger partial charge in [0.25, 0.3) is 0 Å². The Morgan fingerprint density at radius 1 is 1.30 bits per heavy atom. The number of hydrogen-bond donors (Lipinski definition) is 1. The molecule has 1 N–H and O–H groups in total. The molecule has 1 aromatic carbocycles. The molecular formula is C15H23NO3S. The number of nitrogens with one attached hydrogen (secondary N) is 1. The second-order valence-electron chi connectivity index (χ2n) is 5.20. The molecule has 2 unspecified atom stereocenters. The normalized spacial score (nSPS) is 22.6. The Bertz CT molecular complexity index is 525. The summed E-state index contributed by atoms with van der Waals surface area (Å²) in [5, 5.41) is 3.42. The van der Waals surface area contributed by atoms with Gasteiger partial charge in [-0.05, 0) is 43.5 Å². The van der Waals surface area contributed by atoms with E-state index in [1.165, 1.54) is 0 Å². The third-order valence-corrected chi connectivity index (χ3v) is 5.51. The Hall–Kier alpha value is -1.07. The average Bonchev–Trinajstić information content (AvgIpc) is 2.78. The van der Waals surface area contributed by atoms with E-state index in [1.807, 2.05) is 38.1 Å². The van der Waals surface area contributed by atoms with Crippen LogP contribution in [0.2, 0.25) is 0 Å². The summed E-state index contributed by atoms with van der Waals surface area (Å²) in [5.74, 6) is 1.62. The molecule has 4 nitrogen and oxygen atoms in total. The summed E-state index contributed by atoms with van der Waals surface area (Å²) in [6.07, 6.45) is 0.743. The van der Waals surface area contributed by atoms with E-state index >= 15 is 0 Å². The Morgan fingerprint density at radius 3 is 2.50 bits per heavy atom. The molecule has 1 saturated heterocycles. The molecule has 1 aromatic rings. The molecule has 20 heavy (non-hydrogen) atoms. The number of hydrogen-bond acceptors (Lipinski definition) is 4. The fraction of sp³-hybridized carbons (Fsp3) is 0.600. The lowest BCUT2D eigenvalue weighted by molar-refractivity contribution is 0.339. The van der Waals surface area contributed by atoms with Crippen molar-refractivity contribution in [1.82, 2.24) is 5.32 Å². The lowest BCUT2D eigenvalue weighted by Crippen LogP contribution is -2.29. The third-order valence-electron chi connectivity index (χ3n) is 3.71. The van der Waals surface area contributed by atoms with Crippen LogP contribution >= 0.6 is 0 Å². The number of ether oxygens (including phenoxy) is 1. The second-order valence-corrected chi connectivity index (χ2v) is 7.43. The smallest absolute Gasteiger partial charge is 0.150 e. The van der Waals surface area contributed by atoms with Gasteiger partial charge in [0.15, 0.2) is 9.84 Å². The van der Waals surface area contributed by atoms with Crippen molar-refractivity contribution >= 4 is 9.84 Å². The molecule has 1 fully saturated rings. The van der Waals surface area contributed by atoms with E-state index in [0.717, 1.165) is 24.3 Å². The lowest BCUT2D eigenvalue weighted by Gasteiger charge is -2.24. The predicted octanol–water partition coefficient (Wildman–Crippen LogP) is 2.17. The molecule has 0 saturated carbocycles. The van der Waals surface area contributed by atoms with E-state index in [4.69, 9.17) is 4.74 Å². The molecule has 0 amide bonds. The Balaban J connectivity index is 2.16. The van der Waals surface area contributed by atoms with Gasteiger partial charge in [0.2, 0.25) is 0 Å². The van der Waals surface area contributed by atoms with E-state index in [-0.39, 0.29) is 17.7 Å².